The van der Waals surface area contributed by atoms with Gasteiger partial charge in [-0.15, -0.1) is 0 Å². The number of sulfonamides is 2. The Bertz CT molecular complexity index is 3150. The number of carboxylic acids is 1. The first kappa shape index (κ1) is 57.0. The highest BCUT2D eigenvalue weighted by atomic mass is 32.2. The van der Waals surface area contributed by atoms with Crippen LogP contribution in [0.4, 0.5) is 23.3 Å². The van der Waals surface area contributed by atoms with E-state index in [4.69, 9.17) is 15.1 Å². The van der Waals surface area contributed by atoms with Gasteiger partial charge in [0.25, 0.3) is 31.9 Å². The number of aliphatic carboxylic acids is 1. The molecule has 4 aromatic heterocycles. The van der Waals surface area contributed by atoms with Crippen molar-refractivity contribution in [2.24, 2.45) is 11.8 Å². The molecule has 3 saturated heterocycles. The number of rotatable bonds is 4. The Kier molecular flexibility index (Phi) is 15.9. The molecule has 77 heavy (non-hydrogen) atoms. The zero-order valence-electron chi connectivity index (χ0n) is 46.1. The molecule has 4 aromatic rings. The first-order chi connectivity index (χ1) is 35.9. The number of anilines is 4. The number of carboxylic acid groups (broad SMARTS) is 1. The summed E-state index contributed by atoms with van der Waals surface area (Å²) in [4.78, 5) is 75.6. The zero-order chi connectivity index (χ0) is 56.0. The number of carbonyl (C=O) groups is 4. The molecular weight excluding hydrogens is 1020 g/mol. The molecular formula is C56H76N10O9S2. The van der Waals surface area contributed by atoms with Gasteiger partial charge in [-0.25, -0.2) is 29.4 Å². The minimum atomic E-state index is -4.30. The van der Waals surface area contributed by atoms with Crippen LogP contribution < -0.4 is 29.5 Å². The van der Waals surface area contributed by atoms with E-state index in [1.807, 2.05) is 20.8 Å². The Hall–Kier alpha value is -6.22. The predicted molar refractivity (Wildman–Crippen MR) is 295 cm³/mol. The van der Waals surface area contributed by atoms with Crippen molar-refractivity contribution < 1.29 is 41.1 Å². The van der Waals surface area contributed by atoms with E-state index in [9.17, 15) is 36.0 Å². The summed E-state index contributed by atoms with van der Waals surface area (Å²) >= 11 is 0. The molecule has 19 nitrogen and oxygen atoms in total. The molecule has 8 bridgehead atoms. The average Bonchev–Trinajstić information content (AvgIpc) is 3.87. The first-order valence-electron chi connectivity index (χ1n) is 26.9. The number of hydrogen-bond acceptors (Lipinski definition) is 15. The SMILES string of the molecule is CC(C)(C)c1ccc2c(n1)N1C[C@@H](CCC(CCCC(=O)O)Nc3cccc(n3)S(=O)(=O)NC2=O)CC1(C)C.CC(C)(C)c1ccc2c(n1)N1C[C@@H](CCC3CCCC(=O)N3c3cccc(n3)S(=O)(=O)NC2=O)CC1(C)C. The highest BCUT2D eigenvalue weighted by Gasteiger charge is 2.44. The van der Waals surface area contributed by atoms with Crippen molar-refractivity contribution in [2.75, 3.05) is 33.1 Å². The lowest BCUT2D eigenvalue weighted by Crippen LogP contribution is -2.44. The third-order valence-corrected chi connectivity index (χ3v) is 18.0. The summed E-state index contributed by atoms with van der Waals surface area (Å²) in [6.07, 6.45) is 8.38. The van der Waals surface area contributed by atoms with Gasteiger partial charge >= 0.3 is 5.97 Å². The maximum atomic E-state index is 13.5. The number of nitrogens with zero attached hydrogens (tertiary/aromatic N) is 7. The molecule has 3 fully saturated rings. The van der Waals surface area contributed by atoms with Crippen molar-refractivity contribution >= 4 is 67.0 Å². The molecule has 0 saturated carbocycles. The fourth-order valence-corrected chi connectivity index (χ4v) is 13.5. The van der Waals surface area contributed by atoms with Crippen LogP contribution in [0.3, 0.4) is 0 Å². The molecule has 4 atom stereocenters. The van der Waals surface area contributed by atoms with Crippen molar-refractivity contribution in [1.82, 2.24) is 29.4 Å². The lowest BCUT2D eigenvalue weighted by Gasteiger charge is -2.35. The third-order valence-electron chi connectivity index (χ3n) is 15.6. The van der Waals surface area contributed by atoms with Gasteiger partial charge in [0.1, 0.15) is 23.3 Å². The van der Waals surface area contributed by atoms with E-state index in [0.29, 0.717) is 67.5 Å². The summed E-state index contributed by atoms with van der Waals surface area (Å²) in [6.45, 7) is 22.2. The van der Waals surface area contributed by atoms with E-state index in [1.54, 1.807) is 53.4 Å². The maximum absolute atomic E-state index is 13.5. The summed E-state index contributed by atoms with van der Waals surface area (Å²) in [5.41, 5.74) is 0.950. The normalized spacial score (nSPS) is 23.8. The number of amides is 3. The van der Waals surface area contributed by atoms with Gasteiger partial charge in [0.15, 0.2) is 10.1 Å². The summed E-state index contributed by atoms with van der Waals surface area (Å²) < 4.78 is 57.6. The summed E-state index contributed by atoms with van der Waals surface area (Å²) in [5, 5.41) is 11.9. The molecule has 0 radical (unpaired) electrons. The minimum absolute atomic E-state index is 0.0449. The second kappa shape index (κ2) is 21.5. The van der Waals surface area contributed by atoms with E-state index in [1.165, 1.54) is 12.1 Å². The van der Waals surface area contributed by atoms with Crippen LogP contribution in [-0.4, -0.2) is 102 Å². The van der Waals surface area contributed by atoms with Crippen molar-refractivity contribution in [3.8, 4) is 0 Å². The van der Waals surface area contributed by atoms with Crippen LogP contribution in [0.15, 0.2) is 70.7 Å². The highest BCUT2D eigenvalue weighted by molar-refractivity contribution is 7.90. The number of nitrogens with one attached hydrogen (secondary N) is 3. The van der Waals surface area contributed by atoms with Gasteiger partial charge in [0.05, 0.1) is 11.1 Å². The maximum Gasteiger partial charge on any atom is 0.303 e. The summed E-state index contributed by atoms with van der Waals surface area (Å²) in [6, 6.07) is 16.0. The molecule has 3 amide bonds. The number of hydrogen-bond donors (Lipinski definition) is 4. The van der Waals surface area contributed by atoms with Crippen LogP contribution in [0.2, 0.25) is 0 Å². The van der Waals surface area contributed by atoms with Crippen LogP contribution in [0, 0.1) is 11.8 Å². The van der Waals surface area contributed by atoms with Crippen LogP contribution >= 0.6 is 0 Å². The first-order valence-corrected chi connectivity index (χ1v) is 29.9. The highest BCUT2D eigenvalue weighted by Crippen LogP contribution is 2.43. The number of aromatic nitrogens is 4. The molecule has 9 heterocycles. The monoisotopic (exact) mass is 1100 g/mol. The van der Waals surface area contributed by atoms with Crippen LogP contribution in [0.5, 0.6) is 0 Å². The van der Waals surface area contributed by atoms with Gasteiger partial charge in [0, 0.05) is 71.3 Å². The Morgan fingerprint density at radius 2 is 1.17 bits per heavy atom. The quantitative estimate of drug-likeness (QED) is 0.149. The van der Waals surface area contributed by atoms with E-state index >= 15 is 0 Å². The average molecular weight is 1100 g/mol. The fourth-order valence-electron chi connectivity index (χ4n) is 11.6. The summed E-state index contributed by atoms with van der Waals surface area (Å²) in [7, 11) is -8.58. The molecule has 5 aliphatic heterocycles. The smallest absolute Gasteiger partial charge is 0.303 e. The largest absolute Gasteiger partial charge is 0.481 e. The van der Waals surface area contributed by atoms with Crippen LogP contribution in [0.25, 0.3) is 0 Å². The third kappa shape index (κ3) is 12.9. The van der Waals surface area contributed by atoms with Crippen molar-refractivity contribution in [3.63, 3.8) is 0 Å². The van der Waals surface area contributed by atoms with Crippen molar-refractivity contribution in [3.05, 3.63) is 83.2 Å². The van der Waals surface area contributed by atoms with E-state index < -0.39 is 37.8 Å². The van der Waals surface area contributed by atoms with E-state index in [0.717, 1.165) is 62.8 Å². The Morgan fingerprint density at radius 1 is 0.662 bits per heavy atom. The van der Waals surface area contributed by atoms with Crippen LogP contribution in [-0.2, 0) is 40.5 Å². The second-order valence-electron chi connectivity index (χ2n) is 24.8. The molecule has 9 rings (SSSR count). The van der Waals surface area contributed by atoms with E-state index in [2.05, 4.69) is 83.0 Å². The zero-order valence-corrected chi connectivity index (χ0v) is 47.8. The molecule has 416 valence electrons. The number of carbonyl (C=O) groups excluding carboxylic acids is 3. The van der Waals surface area contributed by atoms with Gasteiger partial charge < -0.3 is 20.2 Å². The molecule has 21 heteroatoms. The molecule has 2 unspecified atom stereocenters. The molecule has 0 spiro atoms. The molecule has 0 aliphatic carbocycles. The number of fused-ring (bicyclic) bond motifs is 14. The standard InChI is InChI=1S/C28H39N5O5S.C28H37N5O4S/c1-27(2,3)21-15-14-20-25(30-21)33-17-18(16-28(33,4)5)12-13-19(8-6-11-24(34)35)29-22-9-7-10-23(31-22)39(37,38)32-26(20)36;1-27(2,3)21-15-14-20-25(29-21)32-17-18(16-28(32,4)5)12-13-19-8-6-11-24(34)33(19)22-9-7-10-23(30-22)38(36,37)31-26(20)35/h7,9-10,14-15,18-19H,6,8,11-13,16-17H2,1-5H3,(H,29,31)(H,32,36)(H,34,35);7,9-10,14-15,18-19H,6,8,11-13,16-17H2,1-5H3,(H,31,35)/t2*18-,19?/m00/s1. The molecule has 0 aromatic carbocycles. The van der Waals surface area contributed by atoms with Gasteiger partial charge in [-0.1, -0.05) is 53.7 Å². The Balaban J connectivity index is 0.000000204. The van der Waals surface area contributed by atoms with E-state index in [-0.39, 0.29) is 67.5 Å². The van der Waals surface area contributed by atoms with Crippen molar-refractivity contribution in [1.29, 1.82) is 0 Å². The minimum Gasteiger partial charge on any atom is -0.481 e. The summed E-state index contributed by atoms with van der Waals surface area (Å²) in [5.74, 6) is -0.0691. The van der Waals surface area contributed by atoms with Crippen LogP contribution in [0.1, 0.15) is 178 Å². The predicted octanol–water partition coefficient (Wildman–Crippen LogP) is 8.50. The van der Waals surface area contributed by atoms with Crippen molar-refractivity contribution in [2.45, 2.75) is 190 Å². The number of piperidine rings is 1. The topological polar surface area (TPSA) is 254 Å². The Labute approximate surface area is 453 Å². The van der Waals surface area contributed by atoms with Gasteiger partial charge in [0.2, 0.25) is 5.91 Å². The lowest BCUT2D eigenvalue weighted by atomic mass is 9.89. The second-order valence-corrected chi connectivity index (χ2v) is 28.0. The van der Waals surface area contributed by atoms with Gasteiger partial charge in [-0.3, -0.25) is 24.1 Å². The fraction of sp³-hybridized carbons (Fsp3) is 0.571. The van der Waals surface area contributed by atoms with Gasteiger partial charge in [-0.05, 0) is 152 Å². The molecule has 5 aliphatic rings. The lowest BCUT2D eigenvalue weighted by molar-refractivity contribution is -0.137. The number of pyridine rings is 4. The Morgan fingerprint density at radius 3 is 1.69 bits per heavy atom. The molecule has 4 N–H and O–H groups in total. The van der Waals surface area contributed by atoms with Gasteiger partial charge in [-0.2, -0.15) is 16.8 Å².